The maximum absolute atomic E-state index is 12.4. The zero-order valence-corrected chi connectivity index (χ0v) is 16.2. The third-order valence-electron chi connectivity index (χ3n) is 4.36. The van der Waals surface area contributed by atoms with Crippen LogP contribution in [0.5, 0.6) is 0 Å². The van der Waals surface area contributed by atoms with Crippen LogP contribution in [0.25, 0.3) is 0 Å². The Morgan fingerprint density at radius 2 is 1.69 bits per heavy atom. The second-order valence-electron chi connectivity index (χ2n) is 6.76. The van der Waals surface area contributed by atoms with Crippen LogP contribution in [0.3, 0.4) is 0 Å². The fourth-order valence-corrected chi connectivity index (χ4v) is 2.97. The van der Waals surface area contributed by atoms with E-state index in [-0.39, 0.29) is 23.9 Å². The molecule has 2 aromatic rings. The molecular formula is C21H24N4O4. The van der Waals surface area contributed by atoms with Gasteiger partial charge >= 0.3 is 6.03 Å². The summed E-state index contributed by atoms with van der Waals surface area (Å²) in [6.07, 6.45) is 2.07. The summed E-state index contributed by atoms with van der Waals surface area (Å²) in [6.45, 7) is 2.64. The van der Waals surface area contributed by atoms with Crippen molar-refractivity contribution in [3.8, 4) is 0 Å². The Labute approximate surface area is 169 Å². The zero-order chi connectivity index (χ0) is 20.6. The van der Waals surface area contributed by atoms with Gasteiger partial charge in [0.2, 0.25) is 5.91 Å². The SMILES string of the molecule is CC(=O)Nc1cccc(C(=O)Nc2ccc(NC(=O)NCC3CCCO3)cc2)c1. The molecule has 1 aliphatic heterocycles. The van der Waals surface area contributed by atoms with Crippen LogP contribution < -0.4 is 21.3 Å². The summed E-state index contributed by atoms with van der Waals surface area (Å²) in [5.74, 6) is -0.502. The van der Waals surface area contributed by atoms with Gasteiger partial charge in [0.1, 0.15) is 0 Å². The lowest BCUT2D eigenvalue weighted by molar-refractivity contribution is -0.114. The molecule has 29 heavy (non-hydrogen) atoms. The molecule has 1 aliphatic rings. The van der Waals surface area contributed by atoms with Crippen LogP contribution in [0, 0.1) is 0 Å². The summed E-state index contributed by atoms with van der Waals surface area (Å²) in [4.78, 5) is 35.5. The Balaban J connectivity index is 1.51. The highest BCUT2D eigenvalue weighted by molar-refractivity contribution is 6.05. The standard InChI is InChI=1S/C21H24N4O4/c1-14(26)23-18-5-2-4-15(12-18)20(27)24-16-7-9-17(10-8-16)25-21(28)22-13-19-6-3-11-29-19/h2,4-5,7-10,12,19H,3,6,11,13H2,1H3,(H,23,26)(H,24,27)(H2,22,25,28). The summed E-state index contributed by atoms with van der Waals surface area (Å²) >= 11 is 0. The first-order chi connectivity index (χ1) is 14.0. The molecule has 0 aromatic heterocycles. The van der Waals surface area contributed by atoms with E-state index < -0.39 is 0 Å². The number of rotatable bonds is 6. The summed E-state index contributed by atoms with van der Waals surface area (Å²) in [7, 11) is 0. The number of nitrogens with one attached hydrogen (secondary N) is 4. The molecule has 1 fully saturated rings. The van der Waals surface area contributed by atoms with Gasteiger partial charge in [0.15, 0.2) is 0 Å². The van der Waals surface area contributed by atoms with Gasteiger partial charge in [-0.3, -0.25) is 9.59 Å². The monoisotopic (exact) mass is 396 g/mol. The minimum atomic E-state index is -0.299. The predicted octanol–water partition coefficient (Wildman–Crippen LogP) is 3.20. The molecule has 0 saturated carbocycles. The average Bonchev–Trinajstić information content (AvgIpc) is 3.21. The van der Waals surface area contributed by atoms with E-state index in [0.717, 1.165) is 19.4 Å². The molecule has 1 unspecified atom stereocenters. The summed E-state index contributed by atoms with van der Waals surface area (Å²) in [6, 6.07) is 13.2. The number of ether oxygens (including phenoxy) is 1. The lowest BCUT2D eigenvalue weighted by atomic mass is 10.1. The molecule has 4 amide bonds. The molecule has 0 radical (unpaired) electrons. The van der Waals surface area contributed by atoms with Gasteiger partial charge in [-0.15, -0.1) is 0 Å². The van der Waals surface area contributed by atoms with Crippen LogP contribution >= 0.6 is 0 Å². The van der Waals surface area contributed by atoms with E-state index in [2.05, 4.69) is 21.3 Å². The van der Waals surface area contributed by atoms with E-state index in [1.165, 1.54) is 6.92 Å². The molecule has 0 aliphatic carbocycles. The number of carbonyl (C=O) groups excluding carboxylic acids is 3. The van der Waals surface area contributed by atoms with Gasteiger partial charge in [0, 0.05) is 42.7 Å². The second kappa shape index (κ2) is 9.70. The number of urea groups is 1. The Morgan fingerprint density at radius 3 is 2.34 bits per heavy atom. The lowest BCUT2D eigenvalue weighted by Gasteiger charge is -2.12. The lowest BCUT2D eigenvalue weighted by Crippen LogP contribution is -2.35. The maximum Gasteiger partial charge on any atom is 0.319 e. The van der Waals surface area contributed by atoms with Gasteiger partial charge in [0.25, 0.3) is 5.91 Å². The molecule has 0 spiro atoms. The van der Waals surface area contributed by atoms with Gasteiger partial charge < -0.3 is 26.0 Å². The molecule has 0 bridgehead atoms. The largest absolute Gasteiger partial charge is 0.376 e. The molecule has 3 rings (SSSR count). The Hall–Kier alpha value is -3.39. The van der Waals surface area contributed by atoms with Crippen molar-refractivity contribution in [1.29, 1.82) is 0 Å². The highest BCUT2D eigenvalue weighted by Crippen LogP contribution is 2.16. The number of hydrogen-bond acceptors (Lipinski definition) is 4. The van der Waals surface area contributed by atoms with E-state index in [1.807, 2.05) is 0 Å². The van der Waals surface area contributed by atoms with E-state index in [1.54, 1.807) is 48.5 Å². The number of hydrogen-bond donors (Lipinski definition) is 4. The maximum atomic E-state index is 12.4. The third kappa shape index (κ3) is 6.32. The van der Waals surface area contributed by atoms with Crippen molar-refractivity contribution >= 4 is 34.9 Å². The second-order valence-corrected chi connectivity index (χ2v) is 6.76. The first-order valence-corrected chi connectivity index (χ1v) is 9.45. The summed E-state index contributed by atoms with van der Waals surface area (Å²) in [5, 5.41) is 11.0. The van der Waals surface area contributed by atoms with Crippen LogP contribution in [0.4, 0.5) is 21.9 Å². The summed E-state index contributed by atoms with van der Waals surface area (Å²) in [5.41, 5.74) is 2.18. The molecule has 8 heteroatoms. The van der Waals surface area contributed by atoms with Gasteiger partial charge in [-0.05, 0) is 55.3 Å². The molecule has 2 aromatic carbocycles. The minimum Gasteiger partial charge on any atom is -0.376 e. The van der Waals surface area contributed by atoms with Crippen molar-refractivity contribution in [2.75, 3.05) is 29.1 Å². The topological polar surface area (TPSA) is 109 Å². The van der Waals surface area contributed by atoms with E-state index in [4.69, 9.17) is 4.74 Å². The van der Waals surface area contributed by atoms with Gasteiger partial charge in [0.05, 0.1) is 6.10 Å². The van der Waals surface area contributed by atoms with Crippen molar-refractivity contribution in [2.24, 2.45) is 0 Å². The van der Waals surface area contributed by atoms with E-state index in [0.29, 0.717) is 29.2 Å². The summed E-state index contributed by atoms with van der Waals surface area (Å²) < 4.78 is 5.47. The van der Waals surface area contributed by atoms with Crippen molar-refractivity contribution in [3.63, 3.8) is 0 Å². The van der Waals surface area contributed by atoms with Crippen LogP contribution in [-0.4, -0.2) is 37.1 Å². The van der Waals surface area contributed by atoms with Crippen molar-refractivity contribution < 1.29 is 19.1 Å². The fraction of sp³-hybridized carbons (Fsp3) is 0.286. The molecule has 1 saturated heterocycles. The third-order valence-corrected chi connectivity index (χ3v) is 4.36. The highest BCUT2D eigenvalue weighted by atomic mass is 16.5. The minimum absolute atomic E-state index is 0.0856. The Kier molecular flexibility index (Phi) is 6.80. The quantitative estimate of drug-likeness (QED) is 0.601. The van der Waals surface area contributed by atoms with Crippen molar-refractivity contribution in [1.82, 2.24) is 5.32 Å². The highest BCUT2D eigenvalue weighted by Gasteiger charge is 2.16. The molecule has 1 heterocycles. The first kappa shape index (κ1) is 20.3. The molecule has 8 nitrogen and oxygen atoms in total. The molecule has 152 valence electrons. The van der Waals surface area contributed by atoms with Crippen LogP contribution in [0.2, 0.25) is 0 Å². The molecule has 4 N–H and O–H groups in total. The molecular weight excluding hydrogens is 372 g/mol. The first-order valence-electron chi connectivity index (χ1n) is 9.45. The number of benzene rings is 2. The van der Waals surface area contributed by atoms with Crippen molar-refractivity contribution in [3.05, 3.63) is 54.1 Å². The molecule has 1 atom stereocenters. The van der Waals surface area contributed by atoms with Crippen LogP contribution in [-0.2, 0) is 9.53 Å². The fourth-order valence-electron chi connectivity index (χ4n) is 2.97. The normalized spacial score (nSPS) is 15.4. The van der Waals surface area contributed by atoms with E-state index >= 15 is 0 Å². The van der Waals surface area contributed by atoms with Gasteiger partial charge in [-0.2, -0.15) is 0 Å². The number of amides is 4. The zero-order valence-electron chi connectivity index (χ0n) is 16.2. The van der Waals surface area contributed by atoms with Crippen LogP contribution in [0.15, 0.2) is 48.5 Å². The predicted molar refractivity (Wildman–Crippen MR) is 111 cm³/mol. The van der Waals surface area contributed by atoms with Gasteiger partial charge in [-0.1, -0.05) is 6.07 Å². The van der Waals surface area contributed by atoms with Gasteiger partial charge in [-0.25, -0.2) is 4.79 Å². The Bertz CT molecular complexity index is 877. The van der Waals surface area contributed by atoms with Crippen molar-refractivity contribution in [2.45, 2.75) is 25.9 Å². The number of carbonyl (C=O) groups is 3. The van der Waals surface area contributed by atoms with Crippen LogP contribution in [0.1, 0.15) is 30.1 Å². The van der Waals surface area contributed by atoms with E-state index in [9.17, 15) is 14.4 Å². The smallest absolute Gasteiger partial charge is 0.319 e. The Morgan fingerprint density at radius 1 is 0.966 bits per heavy atom. The number of anilines is 3. The average molecular weight is 396 g/mol.